The van der Waals surface area contributed by atoms with Crippen molar-refractivity contribution in [3.05, 3.63) is 71.3 Å². The van der Waals surface area contributed by atoms with Gasteiger partial charge in [0.25, 0.3) is 0 Å². The molecular formula is C15H9NO2. The van der Waals surface area contributed by atoms with Crippen LogP contribution in [0.15, 0.2) is 54.6 Å². The van der Waals surface area contributed by atoms with E-state index in [1.54, 1.807) is 36.4 Å². The van der Waals surface area contributed by atoms with Crippen LogP contribution in [0.3, 0.4) is 0 Å². The molecule has 2 aromatic rings. The topological polar surface area (TPSA) is 50.1 Å². The first-order chi connectivity index (χ1) is 8.78. The molecule has 0 aliphatic carbocycles. The Labute approximate surface area is 104 Å². The summed E-state index contributed by atoms with van der Waals surface area (Å²) in [5.74, 6) is -0.448. The van der Waals surface area contributed by atoms with Crippen molar-refractivity contribution in [1.29, 1.82) is 5.26 Å². The maximum Gasteiger partial charge on any atom is 0.340 e. The van der Waals surface area contributed by atoms with Crippen LogP contribution in [0.25, 0.3) is 0 Å². The van der Waals surface area contributed by atoms with Crippen LogP contribution >= 0.6 is 0 Å². The van der Waals surface area contributed by atoms with Crippen molar-refractivity contribution in [3.8, 4) is 6.07 Å². The summed E-state index contributed by atoms with van der Waals surface area (Å²) in [6.45, 7) is 0. The van der Waals surface area contributed by atoms with E-state index >= 15 is 0 Å². The third kappa shape index (κ3) is 1.26. The predicted octanol–water partition coefficient (Wildman–Crippen LogP) is 2.62. The Morgan fingerprint density at radius 3 is 2.39 bits per heavy atom. The molecule has 0 radical (unpaired) electrons. The van der Waals surface area contributed by atoms with Gasteiger partial charge in [-0.15, -0.1) is 0 Å². The van der Waals surface area contributed by atoms with E-state index in [1.807, 2.05) is 18.2 Å². The van der Waals surface area contributed by atoms with Gasteiger partial charge in [-0.2, -0.15) is 5.26 Å². The fourth-order valence-electron chi connectivity index (χ4n) is 2.25. The number of nitriles is 1. The van der Waals surface area contributed by atoms with Crippen molar-refractivity contribution in [2.24, 2.45) is 0 Å². The lowest BCUT2D eigenvalue weighted by molar-refractivity contribution is 0.0296. The molecule has 0 fully saturated rings. The monoisotopic (exact) mass is 235 g/mol. The minimum Gasteiger partial charge on any atom is -0.431 e. The Kier molecular flexibility index (Phi) is 2.17. The molecule has 0 bridgehead atoms. The molecular weight excluding hydrogens is 226 g/mol. The van der Waals surface area contributed by atoms with Gasteiger partial charge in [-0.25, -0.2) is 4.79 Å². The average Bonchev–Trinajstić information content (AvgIpc) is 2.74. The first-order valence-corrected chi connectivity index (χ1v) is 5.57. The van der Waals surface area contributed by atoms with Crippen LogP contribution in [0.5, 0.6) is 0 Å². The first kappa shape index (κ1) is 10.5. The standard InChI is InChI=1S/C15H9NO2/c16-10-15(11-6-2-1-3-7-11)13-9-5-4-8-12(13)14(17)18-15/h1-9H. The number of hydrogen-bond donors (Lipinski definition) is 0. The summed E-state index contributed by atoms with van der Waals surface area (Å²) in [6, 6.07) is 18.2. The smallest absolute Gasteiger partial charge is 0.340 e. The van der Waals surface area contributed by atoms with Crippen LogP contribution in [-0.2, 0) is 10.3 Å². The lowest BCUT2D eigenvalue weighted by Gasteiger charge is -2.21. The number of carbonyl (C=O) groups is 1. The summed E-state index contributed by atoms with van der Waals surface area (Å²) in [6.07, 6.45) is 0. The van der Waals surface area contributed by atoms with Gasteiger partial charge < -0.3 is 4.74 Å². The Hall–Kier alpha value is -2.60. The molecule has 18 heavy (non-hydrogen) atoms. The van der Waals surface area contributed by atoms with Gasteiger partial charge in [-0.05, 0) is 6.07 Å². The lowest BCUT2D eigenvalue weighted by atomic mass is 9.87. The van der Waals surface area contributed by atoms with E-state index in [0.29, 0.717) is 16.7 Å². The number of esters is 1. The number of benzene rings is 2. The SMILES string of the molecule is N#CC1(c2ccccc2)OC(=O)c2ccccc21. The molecule has 1 atom stereocenters. The molecule has 0 spiro atoms. The van der Waals surface area contributed by atoms with E-state index in [-0.39, 0.29) is 0 Å². The quantitative estimate of drug-likeness (QED) is 0.714. The number of carbonyl (C=O) groups excluding carboxylic acids is 1. The van der Waals surface area contributed by atoms with E-state index in [4.69, 9.17) is 4.74 Å². The number of cyclic esters (lactones) is 1. The van der Waals surface area contributed by atoms with Crippen LogP contribution in [0.2, 0.25) is 0 Å². The molecule has 1 aliphatic rings. The summed E-state index contributed by atoms with van der Waals surface area (Å²) >= 11 is 0. The predicted molar refractivity (Wildman–Crippen MR) is 64.7 cm³/mol. The molecule has 0 amide bonds. The van der Waals surface area contributed by atoms with E-state index in [0.717, 1.165) is 0 Å². The Bertz CT molecular complexity index is 658. The Balaban J connectivity index is 2.28. The van der Waals surface area contributed by atoms with Crippen molar-refractivity contribution < 1.29 is 9.53 Å². The average molecular weight is 235 g/mol. The zero-order valence-electron chi connectivity index (χ0n) is 9.46. The highest BCUT2D eigenvalue weighted by Crippen LogP contribution is 2.41. The number of rotatable bonds is 1. The number of fused-ring (bicyclic) bond motifs is 1. The summed E-state index contributed by atoms with van der Waals surface area (Å²) in [7, 11) is 0. The molecule has 1 aliphatic heterocycles. The largest absolute Gasteiger partial charge is 0.431 e. The van der Waals surface area contributed by atoms with E-state index < -0.39 is 11.6 Å². The molecule has 2 aromatic carbocycles. The highest BCUT2D eigenvalue weighted by atomic mass is 16.6. The molecule has 3 rings (SSSR count). The van der Waals surface area contributed by atoms with Crippen LogP contribution in [0, 0.1) is 11.3 Å². The van der Waals surface area contributed by atoms with E-state index in [9.17, 15) is 10.1 Å². The summed E-state index contributed by atoms with van der Waals surface area (Å²) < 4.78 is 5.35. The third-order valence-electron chi connectivity index (χ3n) is 3.11. The molecule has 0 saturated carbocycles. The van der Waals surface area contributed by atoms with Crippen LogP contribution in [0.1, 0.15) is 21.5 Å². The van der Waals surface area contributed by atoms with E-state index in [2.05, 4.69) is 6.07 Å². The highest BCUT2D eigenvalue weighted by Gasteiger charge is 2.47. The van der Waals surface area contributed by atoms with Crippen molar-refractivity contribution in [2.75, 3.05) is 0 Å². The summed E-state index contributed by atoms with van der Waals surface area (Å²) in [5, 5.41) is 9.51. The molecule has 86 valence electrons. The number of hydrogen-bond acceptors (Lipinski definition) is 3. The van der Waals surface area contributed by atoms with Gasteiger partial charge in [0.1, 0.15) is 6.07 Å². The molecule has 0 saturated heterocycles. The van der Waals surface area contributed by atoms with Crippen molar-refractivity contribution in [3.63, 3.8) is 0 Å². The second kappa shape index (κ2) is 3.71. The van der Waals surface area contributed by atoms with Crippen molar-refractivity contribution >= 4 is 5.97 Å². The summed E-state index contributed by atoms with van der Waals surface area (Å²) in [4.78, 5) is 11.8. The van der Waals surface area contributed by atoms with Crippen molar-refractivity contribution in [2.45, 2.75) is 5.60 Å². The van der Waals surface area contributed by atoms with Crippen LogP contribution < -0.4 is 0 Å². The van der Waals surface area contributed by atoms with Crippen LogP contribution in [-0.4, -0.2) is 5.97 Å². The number of ether oxygens (including phenoxy) is 1. The van der Waals surface area contributed by atoms with Gasteiger partial charge in [0.05, 0.1) is 5.56 Å². The zero-order valence-corrected chi connectivity index (χ0v) is 9.46. The molecule has 1 unspecified atom stereocenters. The minimum absolute atomic E-state index is 0.448. The minimum atomic E-state index is -1.31. The van der Waals surface area contributed by atoms with Gasteiger partial charge in [0.2, 0.25) is 5.60 Å². The van der Waals surface area contributed by atoms with Gasteiger partial charge in [-0.1, -0.05) is 48.5 Å². The van der Waals surface area contributed by atoms with Crippen LogP contribution in [0.4, 0.5) is 0 Å². The fraction of sp³-hybridized carbons (Fsp3) is 0.0667. The molecule has 1 heterocycles. The lowest BCUT2D eigenvalue weighted by Crippen LogP contribution is -2.25. The molecule has 0 N–H and O–H groups in total. The first-order valence-electron chi connectivity index (χ1n) is 5.57. The highest BCUT2D eigenvalue weighted by molar-refractivity contribution is 5.96. The second-order valence-electron chi connectivity index (χ2n) is 4.09. The molecule has 3 nitrogen and oxygen atoms in total. The molecule has 3 heteroatoms. The van der Waals surface area contributed by atoms with Gasteiger partial charge in [0.15, 0.2) is 0 Å². The molecule has 0 aromatic heterocycles. The van der Waals surface area contributed by atoms with Gasteiger partial charge in [0, 0.05) is 11.1 Å². The van der Waals surface area contributed by atoms with Gasteiger partial charge >= 0.3 is 5.97 Å². The van der Waals surface area contributed by atoms with E-state index in [1.165, 1.54) is 0 Å². The number of nitrogens with zero attached hydrogens (tertiary/aromatic N) is 1. The normalized spacial score (nSPS) is 20.9. The van der Waals surface area contributed by atoms with Crippen molar-refractivity contribution in [1.82, 2.24) is 0 Å². The zero-order chi connectivity index (χ0) is 12.6. The fourth-order valence-corrected chi connectivity index (χ4v) is 2.25. The summed E-state index contributed by atoms with van der Waals surface area (Å²) in [5.41, 5.74) is 0.437. The Morgan fingerprint density at radius 1 is 1.00 bits per heavy atom. The maximum absolute atomic E-state index is 11.8. The third-order valence-corrected chi connectivity index (χ3v) is 3.11. The second-order valence-corrected chi connectivity index (χ2v) is 4.09. The maximum atomic E-state index is 11.8. The van der Waals surface area contributed by atoms with Gasteiger partial charge in [-0.3, -0.25) is 0 Å². The Morgan fingerprint density at radius 2 is 1.67 bits per heavy atom.